The van der Waals surface area contributed by atoms with Gasteiger partial charge in [0.25, 0.3) is 0 Å². The Morgan fingerprint density at radius 2 is 1.89 bits per heavy atom. The van der Waals surface area contributed by atoms with E-state index >= 15 is 0 Å². The zero-order valence-electron chi connectivity index (χ0n) is 16.0. The molecule has 0 aromatic heterocycles. The molecule has 8 heteroatoms. The van der Waals surface area contributed by atoms with Gasteiger partial charge in [0.2, 0.25) is 11.8 Å². The van der Waals surface area contributed by atoms with Gasteiger partial charge in [0.15, 0.2) is 0 Å². The molecule has 8 nitrogen and oxygen atoms in total. The second-order valence-corrected chi connectivity index (χ2v) is 7.25. The minimum atomic E-state index is -0.250. The highest BCUT2D eigenvalue weighted by molar-refractivity contribution is 5.91. The van der Waals surface area contributed by atoms with Gasteiger partial charge >= 0.3 is 6.03 Å². The van der Waals surface area contributed by atoms with Crippen LogP contribution in [0.2, 0.25) is 0 Å². The quantitative estimate of drug-likeness (QED) is 0.860. The lowest BCUT2D eigenvalue weighted by Crippen LogP contribution is -2.51. The maximum atomic E-state index is 12.7. The Bertz CT molecular complexity index is 719. The third-order valence-corrected chi connectivity index (χ3v) is 5.23. The summed E-state index contributed by atoms with van der Waals surface area (Å²) < 4.78 is 5.12. The number of benzene rings is 1. The van der Waals surface area contributed by atoms with Crippen molar-refractivity contribution < 1.29 is 19.1 Å². The van der Waals surface area contributed by atoms with Gasteiger partial charge in [-0.2, -0.15) is 0 Å². The summed E-state index contributed by atoms with van der Waals surface area (Å²) in [6.45, 7) is 0.885. The summed E-state index contributed by atoms with van der Waals surface area (Å²) in [6, 6.07) is 6.75. The van der Waals surface area contributed by atoms with Crippen molar-refractivity contribution >= 4 is 23.5 Å². The van der Waals surface area contributed by atoms with Crippen LogP contribution in [-0.2, 0) is 9.59 Å². The van der Waals surface area contributed by atoms with Crippen molar-refractivity contribution in [2.24, 2.45) is 5.92 Å². The zero-order chi connectivity index (χ0) is 19.6. The number of methoxy groups -OCH3 is 1. The number of fused-ring (bicyclic) bond motifs is 4. The molecule has 146 valence electrons. The van der Waals surface area contributed by atoms with E-state index in [1.165, 1.54) is 4.90 Å². The first-order chi connectivity index (χ1) is 12.9. The van der Waals surface area contributed by atoms with Crippen LogP contribution in [0.25, 0.3) is 0 Å². The Balaban J connectivity index is 1.68. The monoisotopic (exact) mass is 374 g/mol. The van der Waals surface area contributed by atoms with Crippen LogP contribution in [0.15, 0.2) is 24.3 Å². The molecule has 2 bridgehead atoms. The summed E-state index contributed by atoms with van der Waals surface area (Å²) >= 11 is 0. The van der Waals surface area contributed by atoms with E-state index in [-0.39, 0.29) is 36.3 Å². The molecule has 3 heterocycles. The fourth-order valence-electron chi connectivity index (χ4n) is 3.58. The van der Waals surface area contributed by atoms with Gasteiger partial charge in [-0.3, -0.25) is 9.59 Å². The van der Waals surface area contributed by atoms with Gasteiger partial charge in [-0.1, -0.05) is 0 Å². The minimum Gasteiger partial charge on any atom is -0.497 e. The molecule has 3 fully saturated rings. The number of anilines is 1. The van der Waals surface area contributed by atoms with Crippen molar-refractivity contribution in [2.75, 3.05) is 46.2 Å². The van der Waals surface area contributed by atoms with E-state index < -0.39 is 0 Å². The third kappa shape index (κ3) is 4.15. The average molecular weight is 374 g/mol. The van der Waals surface area contributed by atoms with Crippen molar-refractivity contribution in [3.63, 3.8) is 0 Å². The lowest BCUT2D eigenvalue weighted by Gasteiger charge is -2.35. The van der Waals surface area contributed by atoms with Crippen LogP contribution in [0.4, 0.5) is 10.5 Å². The van der Waals surface area contributed by atoms with Crippen LogP contribution in [-0.4, -0.2) is 79.4 Å². The van der Waals surface area contributed by atoms with Gasteiger partial charge < -0.3 is 24.8 Å². The smallest absolute Gasteiger partial charge is 0.321 e. The largest absolute Gasteiger partial charge is 0.497 e. The minimum absolute atomic E-state index is 0.0267. The molecule has 1 aromatic rings. The molecule has 0 saturated carbocycles. The van der Waals surface area contributed by atoms with Crippen molar-refractivity contribution in [3.05, 3.63) is 24.3 Å². The predicted octanol–water partition coefficient (Wildman–Crippen LogP) is 1.24. The van der Waals surface area contributed by atoms with Crippen LogP contribution in [0.5, 0.6) is 5.75 Å². The number of urea groups is 1. The fourth-order valence-corrected chi connectivity index (χ4v) is 3.58. The van der Waals surface area contributed by atoms with Gasteiger partial charge in [0.1, 0.15) is 12.3 Å². The van der Waals surface area contributed by atoms with Gasteiger partial charge in [-0.25, -0.2) is 4.79 Å². The number of likely N-dealkylation sites (N-methyl/N-ethyl adjacent to an activating group) is 1. The van der Waals surface area contributed by atoms with Crippen molar-refractivity contribution in [3.8, 4) is 5.75 Å². The maximum Gasteiger partial charge on any atom is 0.321 e. The Morgan fingerprint density at radius 3 is 2.52 bits per heavy atom. The van der Waals surface area contributed by atoms with E-state index in [2.05, 4.69) is 5.32 Å². The molecule has 1 N–H and O–H groups in total. The first-order valence-electron chi connectivity index (χ1n) is 9.09. The lowest BCUT2D eigenvalue weighted by molar-refractivity contribution is -0.145. The number of nitrogens with zero attached hydrogens (tertiary/aromatic N) is 3. The number of piperidine rings is 1. The zero-order valence-corrected chi connectivity index (χ0v) is 16.0. The van der Waals surface area contributed by atoms with E-state index in [1.54, 1.807) is 55.3 Å². The Kier molecular flexibility index (Phi) is 5.53. The third-order valence-electron chi connectivity index (χ3n) is 5.23. The number of carbonyl (C=O) groups is 3. The molecule has 2 atom stereocenters. The highest BCUT2D eigenvalue weighted by Gasteiger charge is 2.42. The molecular weight excluding hydrogens is 348 g/mol. The number of hydrogen-bond acceptors (Lipinski definition) is 4. The van der Waals surface area contributed by atoms with Gasteiger partial charge in [0, 0.05) is 38.9 Å². The second kappa shape index (κ2) is 7.85. The van der Waals surface area contributed by atoms with Crippen LogP contribution in [0.1, 0.15) is 12.8 Å². The molecule has 4 rings (SSSR count). The van der Waals surface area contributed by atoms with E-state index in [4.69, 9.17) is 4.74 Å². The highest BCUT2D eigenvalue weighted by Crippen LogP contribution is 2.29. The van der Waals surface area contributed by atoms with Crippen LogP contribution in [0.3, 0.4) is 0 Å². The molecule has 27 heavy (non-hydrogen) atoms. The highest BCUT2D eigenvalue weighted by atomic mass is 16.5. The van der Waals surface area contributed by atoms with Crippen molar-refractivity contribution in [1.29, 1.82) is 0 Å². The van der Waals surface area contributed by atoms with E-state index in [0.29, 0.717) is 24.5 Å². The van der Waals surface area contributed by atoms with Crippen molar-refractivity contribution in [2.45, 2.75) is 18.9 Å². The molecule has 3 saturated heterocycles. The first-order valence-corrected chi connectivity index (χ1v) is 9.09. The molecule has 0 radical (unpaired) electrons. The summed E-state index contributed by atoms with van der Waals surface area (Å²) in [7, 11) is 4.94. The van der Waals surface area contributed by atoms with E-state index in [0.717, 1.165) is 12.8 Å². The van der Waals surface area contributed by atoms with Crippen LogP contribution >= 0.6 is 0 Å². The number of hydrogen-bond donors (Lipinski definition) is 1. The van der Waals surface area contributed by atoms with Crippen LogP contribution in [0, 0.1) is 5.92 Å². The molecule has 3 aliphatic rings. The van der Waals surface area contributed by atoms with E-state index in [9.17, 15) is 14.4 Å². The normalized spacial score (nSPS) is 21.7. The standard InChI is InChI=1S/C19H26N4O4/c1-21(2)17(24)12-23-15-7-4-13(18(23)25)10-22(11-15)19(26)20-14-5-8-16(27-3)9-6-14/h5-6,8-9,13,15H,4,7,10-12H2,1-3H3,(H,20,26)/t13-,15+/m0/s1. The summed E-state index contributed by atoms with van der Waals surface area (Å²) in [6.07, 6.45) is 1.56. The number of ether oxygens (including phenoxy) is 1. The van der Waals surface area contributed by atoms with Crippen LogP contribution < -0.4 is 10.1 Å². The molecule has 1 aromatic carbocycles. The second-order valence-electron chi connectivity index (χ2n) is 7.25. The molecule has 4 amide bonds. The molecule has 3 aliphatic heterocycles. The first kappa shape index (κ1) is 19.0. The summed E-state index contributed by atoms with van der Waals surface area (Å²) in [5.74, 6) is 0.333. The maximum absolute atomic E-state index is 12.7. The van der Waals surface area contributed by atoms with Gasteiger partial charge in [-0.05, 0) is 37.1 Å². The molecule has 0 unspecified atom stereocenters. The Morgan fingerprint density at radius 1 is 1.19 bits per heavy atom. The summed E-state index contributed by atoms with van der Waals surface area (Å²) in [5.41, 5.74) is 0.670. The average Bonchev–Trinajstić information content (AvgIpc) is 2.95. The lowest BCUT2D eigenvalue weighted by atomic mass is 9.94. The van der Waals surface area contributed by atoms with E-state index in [1.807, 2.05) is 0 Å². The number of amides is 4. The number of rotatable bonds is 4. The Hall–Kier alpha value is -2.77. The molecular formula is C19H26N4O4. The predicted molar refractivity (Wildman–Crippen MR) is 101 cm³/mol. The number of carbonyl (C=O) groups excluding carboxylic acids is 3. The fraction of sp³-hybridized carbons (Fsp3) is 0.526. The van der Waals surface area contributed by atoms with Gasteiger partial charge in [0.05, 0.1) is 13.0 Å². The van der Waals surface area contributed by atoms with Crippen molar-refractivity contribution in [1.82, 2.24) is 14.7 Å². The van der Waals surface area contributed by atoms with Gasteiger partial charge in [-0.15, -0.1) is 0 Å². The Labute approximate surface area is 159 Å². The molecule has 0 spiro atoms. The summed E-state index contributed by atoms with van der Waals surface area (Å²) in [5, 5.41) is 2.87. The summed E-state index contributed by atoms with van der Waals surface area (Å²) in [4.78, 5) is 42.4. The SMILES string of the molecule is COc1ccc(NC(=O)N2C[C@@H]3CC[C@H](C2)N(CC(=O)N(C)C)C3=O)cc1. The molecule has 0 aliphatic carbocycles. The topological polar surface area (TPSA) is 82.2 Å². The number of nitrogens with one attached hydrogen (secondary N) is 1.